The van der Waals surface area contributed by atoms with Crippen molar-refractivity contribution in [2.45, 2.75) is 18.8 Å². The molecule has 2 rings (SSSR count). The molecule has 0 saturated heterocycles. The third-order valence-electron chi connectivity index (χ3n) is 1.83. The largest absolute Gasteiger partial charge is 0.493 e. The Balaban J connectivity index is 2.39. The first kappa shape index (κ1) is 5.71. The zero-order valence-corrected chi connectivity index (χ0v) is 5.62. The van der Waals surface area contributed by atoms with Crippen LogP contribution in [0.2, 0.25) is 0 Å². The third kappa shape index (κ3) is 0.856. The maximum absolute atomic E-state index is 9.21. The van der Waals surface area contributed by atoms with Crippen molar-refractivity contribution in [3.63, 3.8) is 0 Å². The van der Waals surface area contributed by atoms with Crippen LogP contribution in [0.15, 0.2) is 18.3 Å². The van der Waals surface area contributed by atoms with E-state index in [1.165, 1.54) is 12.8 Å². The summed E-state index contributed by atoms with van der Waals surface area (Å²) in [7, 11) is 0. The van der Waals surface area contributed by atoms with E-state index in [2.05, 4.69) is 4.98 Å². The molecule has 1 aromatic rings. The van der Waals surface area contributed by atoms with Gasteiger partial charge in [0.25, 0.3) is 0 Å². The van der Waals surface area contributed by atoms with Crippen LogP contribution in [-0.2, 0) is 0 Å². The van der Waals surface area contributed by atoms with Crippen molar-refractivity contribution < 1.29 is 5.11 Å². The molecule has 1 fully saturated rings. The normalized spacial score (nSPS) is 17.2. The molecule has 1 saturated carbocycles. The molecule has 0 amide bonds. The van der Waals surface area contributed by atoms with Gasteiger partial charge >= 0.3 is 0 Å². The number of aromatic nitrogens is 1. The number of aromatic hydroxyl groups is 1. The highest BCUT2D eigenvalue weighted by molar-refractivity contribution is 5.31. The Morgan fingerprint density at radius 2 is 2.30 bits per heavy atom. The first-order chi connectivity index (χ1) is 4.88. The molecular formula is C8H9NO. The van der Waals surface area contributed by atoms with Crippen LogP contribution in [0.1, 0.15) is 24.3 Å². The summed E-state index contributed by atoms with van der Waals surface area (Å²) in [6.07, 6.45) is 4.03. The van der Waals surface area contributed by atoms with Crippen molar-refractivity contribution in [3.05, 3.63) is 23.9 Å². The van der Waals surface area contributed by atoms with Crippen molar-refractivity contribution in [2.75, 3.05) is 0 Å². The zero-order chi connectivity index (χ0) is 6.97. The van der Waals surface area contributed by atoms with Crippen molar-refractivity contribution in [3.8, 4) is 5.88 Å². The highest BCUT2D eigenvalue weighted by Gasteiger charge is 2.26. The van der Waals surface area contributed by atoms with Crippen LogP contribution < -0.4 is 0 Å². The standard InChI is InChI=1S/C8H9NO/c10-8-7(6-3-4-6)2-1-5-9-8/h1-2,5-6H,3-4H2,(H,9,10). The number of pyridine rings is 1. The molecule has 0 atom stereocenters. The van der Waals surface area contributed by atoms with Gasteiger partial charge in [-0.1, -0.05) is 6.07 Å². The lowest BCUT2D eigenvalue weighted by atomic mass is 10.2. The minimum Gasteiger partial charge on any atom is -0.493 e. The SMILES string of the molecule is Oc1ncccc1C1CC1. The van der Waals surface area contributed by atoms with Gasteiger partial charge in [0.05, 0.1) is 0 Å². The fourth-order valence-electron chi connectivity index (χ4n) is 1.12. The van der Waals surface area contributed by atoms with E-state index in [1.807, 2.05) is 12.1 Å². The second kappa shape index (κ2) is 1.97. The van der Waals surface area contributed by atoms with E-state index in [0.29, 0.717) is 5.92 Å². The molecule has 2 nitrogen and oxygen atoms in total. The maximum Gasteiger partial charge on any atom is 0.214 e. The monoisotopic (exact) mass is 135 g/mol. The molecule has 1 aromatic heterocycles. The minimum atomic E-state index is 0.213. The Morgan fingerprint density at radius 1 is 1.50 bits per heavy atom. The van der Waals surface area contributed by atoms with Crippen LogP contribution in [-0.4, -0.2) is 10.1 Å². The van der Waals surface area contributed by atoms with Crippen LogP contribution in [0.25, 0.3) is 0 Å². The van der Waals surface area contributed by atoms with Crippen molar-refractivity contribution in [1.82, 2.24) is 4.98 Å². The van der Waals surface area contributed by atoms with Crippen LogP contribution in [0, 0.1) is 0 Å². The molecule has 1 aliphatic carbocycles. The first-order valence-electron chi connectivity index (χ1n) is 3.52. The average molecular weight is 135 g/mol. The fraction of sp³-hybridized carbons (Fsp3) is 0.375. The molecule has 52 valence electrons. The second-order valence-electron chi connectivity index (χ2n) is 2.69. The first-order valence-corrected chi connectivity index (χ1v) is 3.52. The van der Waals surface area contributed by atoms with E-state index < -0.39 is 0 Å². The Bertz CT molecular complexity index is 243. The summed E-state index contributed by atoms with van der Waals surface area (Å²) in [5.74, 6) is 0.804. The quantitative estimate of drug-likeness (QED) is 0.635. The highest BCUT2D eigenvalue weighted by Crippen LogP contribution is 2.42. The fourth-order valence-corrected chi connectivity index (χ4v) is 1.12. The lowest BCUT2D eigenvalue weighted by Gasteiger charge is -1.97. The number of rotatable bonds is 1. The maximum atomic E-state index is 9.21. The van der Waals surface area contributed by atoms with Gasteiger partial charge in [-0.3, -0.25) is 0 Å². The molecule has 1 aliphatic rings. The molecule has 1 N–H and O–H groups in total. The third-order valence-corrected chi connectivity index (χ3v) is 1.83. The van der Waals surface area contributed by atoms with E-state index in [9.17, 15) is 5.11 Å². The van der Waals surface area contributed by atoms with Crippen LogP contribution in [0.4, 0.5) is 0 Å². The molecule has 0 spiro atoms. The van der Waals surface area contributed by atoms with Crippen LogP contribution in [0.3, 0.4) is 0 Å². The minimum absolute atomic E-state index is 0.213. The number of nitrogens with zero attached hydrogens (tertiary/aromatic N) is 1. The summed E-state index contributed by atoms with van der Waals surface area (Å²) >= 11 is 0. The highest BCUT2D eigenvalue weighted by atomic mass is 16.3. The summed E-state index contributed by atoms with van der Waals surface area (Å²) in [5, 5.41) is 9.21. The number of hydrogen-bond acceptors (Lipinski definition) is 2. The van der Waals surface area contributed by atoms with Crippen LogP contribution >= 0.6 is 0 Å². The van der Waals surface area contributed by atoms with E-state index in [0.717, 1.165) is 5.56 Å². The smallest absolute Gasteiger partial charge is 0.214 e. The molecule has 0 bridgehead atoms. The topological polar surface area (TPSA) is 33.1 Å². The molecule has 0 unspecified atom stereocenters. The predicted octanol–water partition coefficient (Wildman–Crippen LogP) is 1.66. The Morgan fingerprint density at radius 3 is 2.90 bits per heavy atom. The molecule has 0 aliphatic heterocycles. The van der Waals surface area contributed by atoms with E-state index in [-0.39, 0.29) is 5.88 Å². The van der Waals surface area contributed by atoms with Gasteiger partial charge < -0.3 is 5.11 Å². The lowest BCUT2D eigenvalue weighted by Crippen LogP contribution is -1.81. The second-order valence-corrected chi connectivity index (χ2v) is 2.69. The summed E-state index contributed by atoms with van der Waals surface area (Å²) in [5.41, 5.74) is 1.02. The van der Waals surface area contributed by atoms with E-state index in [1.54, 1.807) is 6.20 Å². The van der Waals surface area contributed by atoms with Gasteiger partial charge in [-0.2, -0.15) is 0 Å². The molecule has 10 heavy (non-hydrogen) atoms. The summed E-state index contributed by atoms with van der Waals surface area (Å²) in [4.78, 5) is 3.80. The van der Waals surface area contributed by atoms with E-state index >= 15 is 0 Å². The molecular weight excluding hydrogens is 126 g/mol. The molecule has 2 heteroatoms. The van der Waals surface area contributed by atoms with Gasteiger partial charge in [0.1, 0.15) is 0 Å². The van der Waals surface area contributed by atoms with Gasteiger partial charge in [-0.05, 0) is 24.8 Å². The van der Waals surface area contributed by atoms with Crippen molar-refractivity contribution >= 4 is 0 Å². The van der Waals surface area contributed by atoms with Crippen LogP contribution in [0.5, 0.6) is 5.88 Å². The zero-order valence-electron chi connectivity index (χ0n) is 5.62. The van der Waals surface area contributed by atoms with Gasteiger partial charge in [-0.25, -0.2) is 4.98 Å². The Kier molecular flexibility index (Phi) is 1.13. The van der Waals surface area contributed by atoms with Gasteiger partial charge in [0, 0.05) is 11.8 Å². The molecule has 1 heterocycles. The van der Waals surface area contributed by atoms with E-state index in [4.69, 9.17) is 0 Å². The Hall–Kier alpha value is -1.05. The average Bonchev–Trinajstić information content (AvgIpc) is 2.71. The number of hydrogen-bond donors (Lipinski definition) is 1. The van der Waals surface area contributed by atoms with Crippen molar-refractivity contribution in [1.29, 1.82) is 0 Å². The lowest BCUT2D eigenvalue weighted by molar-refractivity contribution is 0.446. The predicted molar refractivity (Wildman–Crippen MR) is 37.9 cm³/mol. The molecule has 0 aromatic carbocycles. The Labute approximate surface area is 59.5 Å². The summed E-state index contributed by atoms with van der Waals surface area (Å²) in [6.45, 7) is 0. The molecule has 0 radical (unpaired) electrons. The van der Waals surface area contributed by atoms with Gasteiger partial charge in [-0.15, -0.1) is 0 Å². The van der Waals surface area contributed by atoms with Gasteiger partial charge in [0.15, 0.2) is 0 Å². The summed E-state index contributed by atoms with van der Waals surface area (Å²) in [6, 6.07) is 3.81. The summed E-state index contributed by atoms with van der Waals surface area (Å²) < 4.78 is 0. The van der Waals surface area contributed by atoms with Gasteiger partial charge in [0.2, 0.25) is 5.88 Å². The van der Waals surface area contributed by atoms with Crippen molar-refractivity contribution in [2.24, 2.45) is 0 Å².